The van der Waals surface area contributed by atoms with E-state index in [0.717, 1.165) is 32.2 Å². The highest BCUT2D eigenvalue weighted by Crippen LogP contribution is 2.18. The Bertz CT molecular complexity index is 329. The lowest BCUT2D eigenvalue weighted by Gasteiger charge is -2.22. The van der Waals surface area contributed by atoms with Crippen LogP contribution in [0, 0.1) is 12.8 Å². The first-order valence-corrected chi connectivity index (χ1v) is 6.05. The Hall–Kier alpha value is -0.870. The summed E-state index contributed by atoms with van der Waals surface area (Å²) < 4.78 is 7.51. The fourth-order valence-corrected chi connectivity index (χ4v) is 2.21. The molecule has 0 unspecified atom stereocenters. The number of nitrogens with one attached hydrogen (secondary N) is 1. The van der Waals surface area contributed by atoms with E-state index in [2.05, 4.69) is 22.0 Å². The summed E-state index contributed by atoms with van der Waals surface area (Å²) >= 11 is 0. The van der Waals surface area contributed by atoms with Gasteiger partial charge in [-0.2, -0.15) is 5.10 Å². The molecular formula is C12H21N3O. The fraction of sp³-hybridized carbons (Fsp3) is 0.750. The maximum absolute atomic E-state index is 5.37. The van der Waals surface area contributed by atoms with Crippen LogP contribution in [0.3, 0.4) is 0 Å². The molecular weight excluding hydrogens is 202 g/mol. The quantitative estimate of drug-likeness (QED) is 0.837. The molecule has 4 heteroatoms. The van der Waals surface area contributed by atoms with Crippen LogP contribution in [0.4, 0.5) is 0 Å². The lowest BCUT2D eigenvalue weighted by molar-refractivity contribution is 0.0599. The van der Waals surface area contributed by atoms with E-state index >= 15 is 0 Å². The Morgan fingerprint density at radius 3 is 2.94 bits per heavy atom. The molecule has 4 nitrogen and oxygen atoms in total. The van der Waals surface area contributed by atoms with Crippen LogP contribution >= 0.6 is 0 Å². The van der Waals surface area contributed by atoms with E-state index in [9.17, 15) is 0 Å². The SMILES string of the molecule is CNCc1cnn(CC2CCOCC2)c1C. The van der Waals surface area contributed by atoms with Gasteiger partial charge in [0.05, 0.1) is 6.20 Å². The predicted octanol–water partition coefficient (Wildman–Crippen LogP) is 1.34. The third-order valence-electron chi connectivity index (χ3n) is 3.34. The highest BCUT2D eigenvalue weighted by atomic mass is 16.5. The Morgan fingerprint density at radius 2 is 2.25 bits per heavy atom. The first kappa shape index (κ1) is 11.6. The zero-order chi connectivity index (χ0) is 11.4. The summed E-state index contributed by atoms with van der Waals surface area (Å²) in [6.07, 6.45) is 4.31. The average Bonchev–Trinajstić information content (AvgIpc) is 2.64. The third-order valence-corrected chi connectivity index (χ3v) is 3.34. The second-order valence-electron chi connectivity index (χ2n) is 4.52. The van der Waals surface area contributed by atoms with Gasteiger partial charge >= 0.3 is 0 Å². The van der Waals surface area contributed by atoms with Crippen LogP contribution in [0.15, 0.2) is 6.20 Å². The van der Waals surface area contributed by atoms with Crippen molar-refractivity contribution >= 4 is 0 Å². The first-order chi connectivity index (χ1) is 7.81. The highest BCUT2D eigenvalue weighted by Gasteiger charge is 2.16. The fourth-order valence-electron chi connectivity index (χ4n) is 2.21. The molecule has 2 rings (SSSR count). The normalized spacial score (nSPS) is 17.9. The van der Waals surface area contributed by atoms with Crippen molar-refractivity contribution in [2.45, 2.75) is 32.9 Å². The molecule has 2 heterocycles. The third kappa shape index (κ3) is 2.62. The first-order valence-electron chi connectivity index (χ1n) is 6.05. The molecule has 0 saturated carbocycles. The van der Waals surface area contributed by atoms with E-state index in [1.807, 2.05) is 13.2 Å². The Labute approximate surface area is 97.0 Å². The van der Waals surface area contributed by atoms with Gasteiger partial charge in [0.25, 0.3) is 0 Å². The van der Waals surface area contributed by atoms with Crippen LogP contribution in [0.5, 0.6) is 0 Å². The molecule has 1 aliphatic rings. The van der Waals surface area contributed by atoms with Gasteiger partial charge in [-0.1, -0.05) is 0 Å². The van der Waals surface area contributed by atoms with Crippen LogP contribution in [0.1, 0.15) is 24.1 Å². The Balaban J connectivity index is 1.97. The molecule has 0 amide bonds. The largest absolute Gasteiger partial charge is 0.381 e. The lowest BCUT2D eigenvalue weighted by Crippen LogP contribution is -2.21. The molecule has 1 aromatic heterocycles. The van der Waals surface area contributed by atoms with Gasteiger partial charge in [0.2, 0.25) is 0 Å². The van der Waals surface area contributed by atoms with E-state index in [1.165, 1.54) is 24.1 Å². The second-order valence-corrected chi connectivity index (χ2v) is 4.52. The summed E-state index contributed by atoms with van der Waals surface area (Å²) in [5.41, 5.74) is 2.59. The van der Waals surface area contributed by atoms with Crippen molar-refractivity contribution in [1.82, 2.24) is 15.1 Å². The molecule has 1 N–H and O–H groups in total. The number of ether oxygens (including phenoxy) is 1. The van der Waals surface area contributed by atoms with Gasteiger partial charge in [-0.05, 0) is 32.7 Å². The number of hydrogen-bond acceptors (Lipinski definition) is 3. The molecule has 0 aliphatic carbocycles. The minimum atomic E-state index is 0.731. The monoisotopic (exact) mass is 223 g/mol. The second kappa shape index (κ2) is 5.46. The highest BCUT2D eigenvalue weighted by molar-refractivity contribution is 5.15. The van der Waals surface area contributed by atoms with Gasteiger partial charge in [0, 0.05) is 37.6 Å². The average molecular weight is 223 g/mol. The van der Waals surface area contributed by atoms with Crippen molar-refractivity contribution in [2.75, 3.05) is 20.3 Å². The number of hydrogen-bond donors (Lipinski definition) is 1. The van der Waals surface area contributed by atoms with E-state index in [4.69, 9.17) is 4.74 Å². The maximum Gasteiger partial charge on any atom is 0.0537 e. The van der Waals surface area contributed by atoms with Crippen molar-refractivity contribution in [1.29, 1.82) is 0 Å². The number of nitrogens with zero attached hydrogens (tertiary/aromatic N) is 2. The molecule has 16 heavy (non-hydrogen) atoms. The summed E-state index contributed by atoms with van der Waals surface area (Å²) in [4.78, 5) is 0. The minimum Gasteiger partial charge on any atom is -0.381 e. The van der Waals surface area contributed by atoms with Crippen molar-refractivity contribution in [3.8, 4) is 0 Å². The molecule has 0 bridgehead atoms. The van der Waals surface area contributed by atoms with Crippen molar-refractivity contribution in [3.05, 3.63) is 17.5 Å². The van der Waals surface area contributed by atoms with Gasteiger partial charge in [-0.25, -0.2) is 0 Å². The lowest BCUT2D eigenvalue weighted by atomic mass is 10.0. The van der Waals surface area contributed by atoms with E-state index in [1.54, 1.807) is 0 Å². The van der Waals surface area contributed by atoms with Crippen LogP contribution in [-0.2, 0) is 17.8 Å². The van der Waals surface area contributed by atoms with Crippen LogP contribution in [0.25, 0.3) is 0 Å². The summed E-state index contributed by atoms with van der Waals surface area (Å²) in [7, 11) is 1.97. The Morgan fingerprint density at radius 1 is 1.50 bits per heavy atom. The van der Waals surface area contributed by atoms with Crippen LogP contribution in [-0.4, -0.2) is 30.0 Å². The van der Waals surface area contributed by atoms with Crippen molar-refractivity contribution < 1.29 is 4.74 Å². The molecule has 0 atom stereocenters. The molecule has 1 aliphatic heterocycles. The number of rotatable bonds is 4. The predicted molar refractivity (Wildman–Crippen MR) is 63.3 cm³/mol. The molecule has 0 aromatic carbocycles. The molecule has 90 valence electrons. The van der Waals surface area contributed by atoms with Gasteiger partial charge in [0.1, 0.15) is 0 Å². The molecule has 0 radical (unpaired) electrons. The van der Waals surface area contributed by atoms with Gasteiger partial charge in [-0.15, -0.1) is 0 Å². The van der Waals surface area contributed by atoms with Crippen molar-refractivity contribution in [2.24, 2.45) is 5.92 Å². The topological polar surface area (TPSA) is 39.1 Å². The molecule has 1 fully saturated rings. The molecule has 0 spiro atoms. The van der Waals surface area contributed by atoms with E-state index in [0.29, 0.717) is 0 Å². The summed E-state index contributed by atoms with van der Waals surface area (Å²) in [5, 5.41) is 7.63. The maximum atomic E-state index is 5.37. The molecule has 1 aromatic rings. The zero-order valence-corrected chi connectivity index (χ0v) is 10.2. The zero-order valence-electron chi connectivity index (χ0n) is 10.2. The summed E-state index contributed by atoms with van der Waals surface area (Å²) in [6, 6.07) is 0. The van der Waals surface area contributed by atoms with Crippen molar-refractivity contribution in [3.63, 3.8) is 0 Å². The van der Waals surface area contributed by atoms with Crippen LogP contribution < -0.4 is 5.32 Å². The number of aromatic nitrogens is 2. The molecule has 1 saturated heterocycles. The van der Waals surface area contributed by atoms with Gasteiger partial charge < -0.3 is 10.1 Å². The minimum absolute atomic E-state index is 0.731. The standard InChI is InChI=1S/C12H21N3O/c1-10-12(7-13-2)8-14-15(10)9-11-3-5-16-6-4-11/h8,11,13H,3-7,9H2,1-2H3. The smallest absolute Gasteiger partial charge is 0.0537 e. The van der Waals surface area contributed by atoms with E-state index in [-0.39, 0.29) is 0 Å². The Kier molecular flexibility index (Phi) is 3.96. The van der Waals surface area contributed by atoms with E-state index < -0.39 is 0 Å². The summed E-state index contributed by atoms with van der Waals surface area (Å²) in [5.74, 6) is 0.731. The van der Waals surface area contributed by atoms with Crippen LogP contribution in [0.2, 0.25) is 0 Å². The van der Waals surface area contributed by atoms with Gasteiger partial charge in [-0.3, -0.25) is 4.68 Å². The summed E-state index contributed by atoms with van der Waals surface area (Å²) in [6.45, 7) is 5.92. The van der Waals surface area contributed by atoms with Gasteiger partial charge in [0.15, 0.2) is 0 Å².